The maximum Gasteiger partial charge on any atom is 0.329 e. The van der Waals surface area contributed by atoms with Crippen LogP contribution in [0.15, 0.2) is 12.4 Å². The summed E-state index contributed by atoms with van der Waals surface area (Å²) in [6.45, 7) is 2.77. The summed E-state index contributed by atoms with van der Waals surface area (Å²) in [6, 6.07) is 0. The monoisotopic (exact) mass is 265 g/mol. The van der Waals surface area contributed by atoms with Gasteiger partial charge in [0, 0.05) is 12.7 Å². The first-order chi connectivity index (χ1) is 9.07. The van der Waals surface area contributed by atoms with Crippen molar-refractivity contribution in [2.45, 2.75) is 51.1 Å². The second-order valence-electron chi connectivity index (χ2n) is 5.04. The van der Waals surface area contributed by atoms with Gasteiger partial charge in [0.1, 0.15) is 5.54 Å². The van der Waals surface area contributed by atoms with Crippen molar-refractivity contribution in [1.82, 2.24) is 15.1 Å². The largest absolute Gasteiger partial charge is 0.480 e. The van der Waals surface area contributed by atoms with E-state index in [4.69, 9.17) is 0 Å². The van der Waals surface area contributed by atoms with Gasteiger partial charge >= 0.3 is 5.97 Å². The predicted octanol–water partition coefficient (Wildman–Crippen LogP) is 1.42. The van der Waals surface area contributed by atoms with E-state index in [1.165, 1.54) is 6.20 Å². The van der Waals surface area contributed by atoms with Gasteiger partial charge in [0.05, 0.1) is 11.8 Å². The molecule has 0 saturated heterocycles. The van der Waals surface area contributed by atoms with E-state index < -0.39 is 11.5 Å². The number of amides is 1. The summed E-state index contributed by atoms with van der Waals surface area (Å²) >= 11 is 0. The minimum Gasteiger partial charge on any atom is -0.480 e. The molecule has 0 radical (unpaired) electrons. The van der Waals surface area contributed by atoms with Gasteiger partial charge < -0.3 is 10.4 Å². The third kappa shape index (κ3) is 2.77. The molecular weight excluding hydrogens is 246 g/mol. The lowest BCUT2D eigenvalue weighted by Crippen LogP contribution is -2.52. The molecule has 0 aliphatic heterocycles. The third-order valence-electron chi connectivity index (χ3n) is 3.57. The smallest absolute Gasteiger partial charge is 0.329 e. The zero-order valence-corrected chi connectivity index (χ0v) is 11.1. The zero-order valence-electron chi connectivity index (χ0n) is 11.1. The first-order valence-corrected chi connectivity index (χ1v) is 6.66. The molecular formula is C13H19N3O3. The van der Waals surface area contributed by atoms with Crippen LogP contribution >= 0.6 is 0 Å². The van der Waals surface area contributed by atoms with Crippen molar-refractivity contribution < 1.29 is 14.7 Å². The van der Waals surface area contributed by atoms with Gasteiger partial charge in [-0.1, -0.05) is 19.8 Å². The van der Waals surface area contributed by atoms with Crippen molar-refractivity contribution in [3.63, 3.8) is 0 Å². The highest BCUT2D eigenvalue weighted by Gasteiger charge is 2.42. The average molecular weight is 265 g/mol. The van der Waals surface area contributed by atoms with Crippen LogP contribution in [0.25, 0.3) is 0 Å². The molecule has 1 aliphatic rings. The van der Waals surface area contributed by atoms with Crippen molar-refractivity contribution >= 4 is 11.9 Å². The molecule has 1 heterocycles. The van der Waals surface area contributed by atoms with Crippen molar-refractivity contribution in [2.75, 3.05) is 0 Å². The van der Waals surface area contributed by atoms with Crippen LogP contribution in [0.1, 0.15) is 49.4 Å². The van der Waals surface area contributed by atoms with E-state index >= 15 is 0 Å². The van der Waals surface area contributed by atoms with Gasteiger partial charge in [-0.05, 0) is 19.3 Å². The molecule has 2 N–H and O–H groups in total. The molecule has 104 valence electrons. The number of aryl methyl sites for hydroxylation is 1. The number of carbonyl (C=O) groups is 2. The Labute approximate surface area is 111 Å². The van der Waals surface area contributed by atoms with Crippen LogP contribution in [0.3, 0.4) is 0 Å². The number of hydrogen-bond acceptors (Lipinski definition) is 3. The number of carboxylic acid groups (broad SMARTS) is 1. The molecule has 2 rings (SSSR count). The first-order valence-electron chi connectivity index (χ1n) is 6.66. The number of carboxylic acids is 1. The number of aromatic nitrogens is 2. The molecule has 1 aromatic rings. The predicted molar refractivity (Wildman–Crippen MR) is 68.8 cm³/mol. The number of carbonyl (C=O) groups excluding carboxylic acids is 1. The summed E-state index contributed by atoms with van der Waals surface area (Å²) in [4.78, 5) is 23.5. The van der Waals surface area contributed by atoms with Crippen LogP contribution in [0.5, 0.6) is 0 Å². The Morgan fingerprint density at radius 3 is 2.74 bits per heavy atom. The fourth-order valence-corrected chi connectivity index (χ4v) is 2.49. The molecule has 1 saturated carbocycles. The fraction of sp³-hybridized carbons (Fsp3) is 0.615. The molecule has 0 bridgehead atoms. The molecule has 19 heavy (non-hydrogen) atoms. The van der Waals surface area contributed by atoms with Crippen molar-refractivity contribution in [3.8, 4) is 0 Å². The van der Waals surface area contributed by atoms with E-state index in [0.29, 0.717) is 18.4 Å². The number of nitrogens with zero attached hydrogens (tertiary/aromatic N) is 2. The summed E-state index contributed by atoms with van der Waals surface area (Å²) in [5, 5.41) is 16.1. The highest BCUT2D eigenvalue weighted by molar-refractivity contribution is 5.97. The summed E-state index contributed by atoms with van der Waals surface area (Å²) in [7, 11) is 0. The Morgan fingerprint density at radius 1 is 1.47 bits per heavy atom. The molecule has 1 aromatic heterocycles. The minimum atomic E-state index is -1.09. The van der Waals surface area contributed by atoms with Gasteiger partial charge in [-0.3, -0.25) is 9.48 Å². The lowest BCUT2D eigenvalue weighted by atomic mass is 9.97. The average Bonchev–Trinajstić information content (AvgIpc) is 2.99. The lowest BCUT2D eigenvalue weighted by Gasteiger charge is -2.24. The maximum absolute atomic E-state index is 12.1. The second-order valence-corrected chi connectivity index (χ2v) is 5.04. The summed E-state index contributed by atoms with van der Waals surface area (Å²) in [6.07, 6.45) is 6.73. The van der Waals surface area contributed by atoms with E-state index in [0.717, 1.165) is 25.8 Å². The van der Waals surface area contributed by atoms with Gasteiger partial charge in [-0.25, -0.2) is 4.79 Å². The highest BCUT2D eigenvalue weighted by atomic mass is 16.4. The van der Waals surface area contributed by atoms with Gasteiger partial charge in [0.15, 0.2) is 0 Å². The van der Waals surface area contributed by atoms with Crippen LogP contribution in [-0.2, 0) is 11.3 Å². The number of aliphatic carboxylic acids is 1. The van der Waals surface area contributed by atoms with E-state index in [-0.39, 0.29) is 5.91 Å². The van der Waals surface area contributed by atoms with Gasteiger partial charge in [0.25, 0.3) is 5.91 Å². The summed E-state index contributed by atoms with van der Waals surface area (Å²) < 4.78 is 1.69. The number of rotatable bonds is 5. The Bertz CT molecular complexity index is 475. The van der Waals surface area contributed by atoms with Gasteiger partial charge in [-0.2, -0.15) is 5.10 Å². The molecule has 1 fully saturated rings. The van der Waals surface area contributed by atoms with E-state index in [9.17, 15) is 14.7 Å². The van der Waals surface area contributed by atoms with E-state index in [2.05, 4.69) is 10.4 Å². The zero-order chi connectivity index (χ0) is 13.9. The Balaban J connectivity index is 2.08. The van der Waals surface area contributed by atoms with Crippen molar-refractivity contribution in [3.05, 3.63) is 18.0 Å². The molecule has 1 amide bonds. The Morgan fingerprint density at radius 2 is 2.16 bits per heavy atom. The van der Waals surface area contributed by atoms with E-state index in [1.807, 2.05) is 6.92 Å². The molecule has 0 spiro atoms. The minimum absolute atomic E-state index is 0.355. The second kappa shape index (κ2) is 5.42. The van der Waals surface area contributed by atoms with Crippen LogP contribution in [0, 0.1) is 0 Å². The van der Waals surface area contributed by atoms with Crippen molar-refractivity contribution in [2.24, 2.45) is 0 Å². The molecule has 6 nitrogen and oxygen atoms in total. The van der Waals surface area contributed by atoms with Crippen LogP contribution in [0.2, 0.25) is 0 Å². The van der Waals surface area contributed by atoms with E-state index in [1.54, 1.807) is 10.9 Å². The number of nitrogens with one attached hydrogen (secondary N) is 1. The quantitative estimate of drug-likeness (QED) is 0.843. The molecule has 1 aliphatic carbocycles. The molecule has 0 atom stereocenters. The topological polar surface area (TPSA) is 84.2 Å². The highest BCUT2D eigenvalue weighted by Crippen LogP contribution is 2.30. The first kappa shape index (κ1) is 13.6. The fourth-order valence-electron chi connectivity index (χ4n) is 2.49. The SMILES string of the molecule is CCCn1cc(C(=O)NC2(C(=O)O)CCCC2)cn1. The van der Waals surface area contributed by atoms with Crippen molar-refractivity contribution in [1.29, 1.82) is 0 Å². The third-order valence-corrected chi connectivity index (χ3v) is 3.57. The molecule has 0 aromatic carbocycles. The lowest BCUT2D eigenvalue weighted by molar-refractivity contribution is -0.144. The van der Waals surface area contributed by atoms with Crippen LogP contribution < -0.4 is 5.32 Å². The molecule has 0 unspecified atom stereocenters. The van der Waals surface area contributed by atoms with Crippen LogP contribution in [0.4, 0.5) is 0 Å². The number of hydrogen-bond donors (Lipinski definition) is 2. The Kier molecular flexibility index (Phi) is 3.87. The van der Waals surface area contributed by atoms with Gasteiger partial charge in [0.2, 0.25) is 0 Å². The Hall–Kier alpha value is -1.85. The summed E-state index contributed by atoms with van der Waals surface area (Å²) in [5.74, 6) is -1.30. The van der Waals surface area contributed by atoms with Crippen LogP contribution in [-0.4, -0.2) is 32.3 Å². The maximum atomic E-state index is 12.1. The molecule has 6 heteroatoms. The normalized spacial score (nSPS) is 17.3. The van der Waals surface area contributed by atoms with Gasteiger partial charge in [-0.15, -0.1) is 0 Å². The standard InChI is InChI=1S/C13H19N3O3/c1-2-7-16-9-10(8-14-16)11(17)15-13(12(18)19)5-3-4-6-13/h8-9H,2-7H2,1H3,(H,15,17)(H,18,19). The summed E-state index contributed by atoms with van der Waals surface area (Å²) in [5.41, 5.74) is -0.676.